The highest BCUT2D eigenvalue weighted by molar-refractivity contribution is 7.99. The number of methoxy groups -OCH3 is 1. The summed E-state index contributed by atoms with van der Waals surface area (Å²) in [5.41, 5.74) is 4.56. The summed E-state index contributed by atoms with van der Waals surface area (Å²) in [7, 11) is 1.69. The lowest BCUT2D eigenvalue weighted by molar-refractivity contribution is 0.129. The Kier molecular flexibility index (Phi) is 7.47. The van der Waals surface area contributed by atoms with E-state index in [1.165, 1.54) is 36.1 Å². The smallest absolute Gasteiger partial charge is 0.187 e. The van der Waals surface area contributed by atoms with E-state index in [1.807, 2.05) is 41.3 Å². The van der Waals surface area contributed by atoms with Gasteiger partial charge >= 0.3 is 0 Å². The third-order valence-electron chi connectivity index (χ3n) is 6.68. The molecule has 4 heterocycles. The number of nitrogens with zero attached hydrogens (tertiary/aromatic N) is 5. The number of para-hydroxylation sites is 2. The van der Waals surface area contributed by atoms with Crippen molar-refractivity contribution >= 4 is 11.8 Å². The van der Waals surface area contributed by atoms with Crippen LogP contribution in [-0.2, 0) is 11.3 Å². The van der Waals surface area contributed by atoms with Crippen LogP contribution in [0.5, 0.6) is 5.75 Å². The summed E-state index contributed by atoms with van der Waals surface area (Å²) in [5, 5.41) is 5.47. The van der Waals surface area contributed by atoms with Crippen molar-refractivity contribution in [1.29, 1.82) is 0 Å². The maximum atomic E-state index is 5.76. The molecule has 0 bridgehead atoms. The van der Waals surface area contributed by atoms with E-state index in [2.05, 4.69) is 28.1 Å². The summed E-state index contributed by atoms with van der Waals surface area (Å²) in [6.07, 6.45) is 11.1. The standard InChI is InChI=1S/C26H33N5O2S/c1-19-13-27-26(34-18-22-8-6-12-33-22)29-25(19)21-7-5-11-30(17-21)15-20-14-28-31(16-20)23-9-3-4-10-24(23)32-2/h3-4,9-10,13-14,16,21-22H,5-8,11-12,15,17-18H2,1-2H3/t21-,22-/m0/s1. The fourth-order valence-electron chi connectivity index (χ4n) is 4.94. The zero-order chi connectivity index (χ0) is 23.3. The predicted octanol–water partition coefficient (Wildman–Crippen LogP) is 4.63. The number of thioether (sulfide) groups is 1. The summed E-state index contributed by atoms with van der Waals surface area (Å²) in [4.78, 5) is 12.1. The van der Waals surface area contributed by atoms with Gasteiger partial charge in [0.2, 0.25) is 0 Å². The highest BCUT2D eigenvalue weighted by Crippen LogP contribution is 2.30. The molecule has 0 unspecified atom stereocenters. The number of rotatable bonds is 8. The zero-order valence-corrected chi connectivity index (χ0v) is 20.8. The molecule has 0 amide bonds. The largest absolute Gasteiger partial charge is 0.494 e. The summed E-state index contributed by atoms with van der Waals surface area (Å²) in [5.74, 6) is 2.20. The molecule has 0 spiro atoms. The van der Waals surface area contributed by atoms with E-state index in [0.717, 1.165) is 55.0 Å². The number of ether oxygens (including phenoxy) is 2. The van der Waals surface area contributed by atoms with Crippen LogP contribution in [0.25, 0.3) is 5.69 Å². The van der Waals surface area contributed by atoms with Crippen molar-refractivity contribution < 1.29 is 9.47 Å². The van der Waals surface area contributed by atoms with Gasteiger partial charge in [0.1, 0.15) is 11.4 Å². The molecule has 2 aromatic heterocycles. The SMILES string of the molecule is COc1ccccc1-n1cc(CN2CCC[C@H](c3nc(SC[C@@H]4CCCO4)ncc3C)C2)cn1. The molecule has 2 saturated heterocycles. The van der Waals surface area contributed by atoms with Crippen molar-refractivity contribution in [2.24, 2.45) is 0 Å². The Bertz CT molecular complexity index is 1100. The summed E-state index contributed by atoms with van der Waals surface area (Å²) >= 11 is 1.73. The van der Waals surface area contributed by atoms with Crippen molar-refractivity contribution in [3.63, 3.8) is 0 Å². The van der Waals surface area contributed by atoms with Crippen molar-refractivity contribution in [3.8, 4) is 11.4 Å². The van der Waals surface area contributed by atoms with Gasteiger partial charge in [-0.15, -0.1) is 0 Å². The monoisotopic (exact) mass is 479 g/mol. The minimum absolute atomic E-state index is 0.347. The fourth-order valence-corrected chi connectivity index (χ4v) is 5.83. The van der Waals surface area contributed by atoms with Gasteiger partial charge in [-0.1, -0.05) is 23.9 Å². The minimum atomic E-state index is 0.347. The average molecular weight is 480 g/mol. The minimum Gasteiger partial charge on any atom is -0.494 e. The molecular formula is C26H33N5O2S. The second-order valence-corrected chi connectivity index (χ2v) is 10.2. The quantitative estimate of drug-likeness (QED) is 0.345. The molecule has 7 nitrogen and oxygen atoms in total. The van der Waals surface area contributed by atoms with E-state index >= 15 is 0 Å². The number of hydrogen-bond donors (Lipinski definition) is 0. The Morgan fingerprint density at radius 3 is 2.94 bits per heavy atom. The molecule has 2 fully saturated rings. The number of likely N-dealkylation sites (tertiary alicyclic amines) is 1. The van der Waals surface area contributed by atoms with Gasteiger partial charge in [-0.05, 0) is 56.8 Å². The van der Waals surface area contributed by atoms with Crippen LogP contribution in [0, 0.1) is 6.92 Å². The summed E-state index contributed by atoms with van der Waals surface area (Å²) in [6, 6.07) is 7.97. The average Bonchev–Trinajstić information content (AvgIpc) is 3.56. The Balaban J connectivity index is 1.24. The normalized spacial score (nSPS) is 21.1. The predicted molar refractivity (Wildman–Crippen MR) is 134 cm³/mol. The van der Waals surface area contributed by atoms with E-state index < -0.39 is 0 Å². The zero-order valence-electron chi connectivity index (χ0n) is 20.0. The van der Waals surface area contributed by atoms with Crippen LogP contribution in [0.3, 0.4) is 0 Å². The molecule has 1 aromatic carbocycles. The molecule has 5 rings (SSSR count). The Hall–Kier alpha value is -2.42. The van der Waals surface area contributed by atoms with Crippen LogP contribution in [0.1, 0.15) is 48.4 Å². The number of hydrogen-bond acceptors (Lipinski definition) is 7. The number of piperidine rings is 1. The number of benzene rings is 1. The van der Waals surface area contributed by atoms with Crippen LogP contribution in [0.15, 0.2) is 48.0 Å². The Labute approximate surface area is 205 Å². The van der Waals surface area contributed by atoms with E-state index in [-0.39, 0.29) is 0 Å². The van der Waals surface area contributed by atoms with Gasteiger partial charge < -0.3 is 9.47 Å². The third-order valence-corrected chi connectivity index (χ3v) is 7.67. The van der Waals surface area contributed by atoms with Crippen molar-refractivity contribution in [1.82, 2.24) is 24.6 Å². The van der Waals surface area contributed by atoms with Crippen LogP contribution in [-0.4, -0.2) is 63.3 Å². The number of aromatic nitrogens is 4. The third kappa shape index (κ3) is 5.45. The summed E-state index contributed by atoms with van der Waals surface area (Å²) < 4.78 is 13.2. The molecule has 0 aliphatic carbocycles. The second-order valence-electron chi connectivity index (χ2n) is 9.21. The lowest BCUT2D eigenvalue weighted by atomic mass is 9.92. The van der Waals surface area contributed by atoms with Gasteiger partial charge in [0.25, 0.3) is 0 Å². The van der Waals surface area contributed by atoms with E-state index in [9.17, 15) is 0 Å². The molecule has 0 N–H and O–H groups in total. The molecule has 34 heavy (non-hydrogen) atoms. The molecule has 2 aliphatic heterocycles. The fraction of sp³-hybridized carbons (Fsp3) is 0.500. The maximum absolute atomic E-state index is 5.76. The lowest BCUT2D eigenvalue weighted by Gasteiger charge is -2.32. The van der Waals surface area contributed by atoms with Gasteiger partial charge in [0.05, 0.1) is 25.1 Å². The van der Waals surface area contributed by atoms with Crippen LogP contribution in [0.4, 0.5) is 0 Å². The van der Waals surface area contributed by atoms with Crippen molar-refractivity contribution in [2.45, 2.75) is 56.3 Å². The Morgan fingerprint density at radius 1 is 1.18 bits per heavy atom. The van der Waals surface area contributed by atoms with Crippen LogP contribution >= 0.6 is 11.8 Å². The van der Waals surface area contributed by atoms with E-state index in [4.69, 9.17) is 14.5 Å². The van der Waals surface area contributed by atoms with E-state index in [0.29, 0.717) is 12.0 Å². The van der Waals surface area contributed by atoms with Gasteiger partial charge in [-0.25, -0.2) is 14.6 Å². The molecule has 180 valence electrons. The van der Waals surface area contributed by atoms with Gasteiger partial charge in [0.15, 0.2) is 5.16 Å². The second kappa shape index (κ2) is 10.9. The van der Waals surface area contributed by atoms with Gasteiger partial charge in [0, 0.05) is 49.3 Å². The maximum Gasteiger partial charge on any atom is 0.187 e. The van der Waals surface area contributed by atoms with Crippen LogP contribution in [0.2, 0.25) is 0 Å². The first-order valence-corrected chi connectivity index (χ1v) is 13.2. The molecular weight excluding hydrogens is 446 g/mol. The molecule has 0 saturated carbocycles. The first-order valence-electron chi connectivity index (χ1n) is 12.2. The van der Waals surface area contributed by atoms with Gasteiger partial charge in [-0.3, -0.25) is 4.90 Å². The van der Waals surface area contributed by atoms with E-state index in [1.54, 1.807) is 18.9 Å². The molecule has 3 aromatic rings. The topological polar surface area (TPSA) is 65.3 Å². The van der Waals surface area contributed by atoms with Crippen LogP contribution < -0.4 is 4.74 Å². The molecule has 8 heteroatoms. The van der Waals surface area contributed by atoms with Crippen molar-refractivity contribution in [2.75, 3.05) is 32.6 Å². The lowest BCUT2D eigenvalue weighted by Crippen LogP contribution is -2.34. The molecule has 2 atom stereocenters. The highest BCUT2D eigenvalue weighted by atomic mass is 32.2. The molecule has 0 radical (unpaired) electrons. The first kappa shape index (κ1) is 23.3. The highest BCUT2D eigenvalue weighted by Gasteiger charge is 2.25. The van der Waals surface area contributed by atoms with Gasteiger partial charge in [-0.2, -0.15) is 5.10 Å². The molecule has 2 aliphatic rings. The Morgan fingerprint density at radius 2 is 2.09 bits per heavy atom. The van der Waals surface area contributed by atoms with Crippen molar-refractivity contribution in [3.05, 3.63) is 59.7 Å². The summed E-state index contributed by atoms with van der Waals surface area (Å²) in [6.45, 7) is 6.02. The number of aryl methyl sites for hydroxylation is 1. The first-order chi connectivity index (χ1) is 16.7.